The Morgan fingerprint density at radius 1 is 0.872 bits per heavy atom. The van der Waals surface area contributed by atoms with E-state index in [4.69, 9.17) is 0 Å². The smallest absolute Gasteiger partial charge is 0.341 e. The Kier molecular flexibility index (Phi) is 10.9. The highest BCUT2D eigenvalue weighted by Gasteiger charge is 2.35. The van der Waals surface area contributed by atoms with Crippen LogP contribution < -0.4 is 0 Å². The van der Waals surface area contributed by atoms with Crippen molar-refractivity contribution in [3.63, 3.8) is 0 Å². The third-order valence-electron chi connectivity index (χ3n) is 8.65. The van der Waals surface area contributed by atoms with Gasteiger partial charge < -0.3 is 14.7 Å². The summed E-state index contributed by atoms with van der Waals surface area (Å²) in [5.41, 5.74) is 3.19. The van der Waals surface area contributed by atoms with E-state index >= 15 is 0 Å². The number of piperidine rings is 1. The molecule has 0 radical (unpaired) electrons. The van der Waals surface area contributed by atoms with Gasteiger partial charge in [-0.05, 0) is 74.0 Å². The summed E-state index contributed by atoms with van der Waals surface area (Å²) in [6, 6.07) is 27.3. The molecule has 0 N–H and O–H groups in total. The fourth-order valence-electron chi connectivity index (χ4n) is 5.88. The van der Waals surface area contributed by atoms with Gasteiger partial charge in [0.1, 0.15) is 6.04 Å². The number of carbonyl (C=O) groups excluding carboxylic acids is 2. The van der Waals surface area contributed by atoms with Crippen molar-refractivity contribution in [3.8, 4) is 11.3 Å². The molecule has 0 bridgehead atoms. The number of hydrogen-bond acceptors (Lipinski definition) is 4. The Morgan fingerprint density at radius 3 is 2.13 bits per heavy atom. The number of pyridine rings is 1. The fourth-order valence-corrected chi connectivity index (χ4v) is 5.88. The van der Waals surface area contributed by atoms with Crippen LogP contribution in [0.1, 0.15) is 35.1 Å². The maximum Gasteiger partial charge on any atom is 0.416 e. The van der Waals surface area contributed by atoms with Crippen LogP contribution in [0.25, 0.3) is 17.3 Å². The SMILES string of the molecule is CN(C)C1CCN(C(=O)[C@H](Cc2ccccc2)N(Cc2ccc(-c3ccccn3)cc2)C(=O)/C=C/c2ccc(C(F)(F)F)cc2)CC1. The maximum absolute atomic E-state index is 14.3. The minimum absolute atomic E-state index is 0.118. The van der Waals surface area contributed by atoms with Crippen LogP contribution in [0.15, 0.2) is 109 Å². The number of halogens is 3. The molecular formula is C38H39F3N4O2. The molecule has 1 saturated heterocycles. The van der Waals surface area contributed by atoms with Crippen LogP contribution in [0.2, 0.25) is 0 Å². The van der Waals surface area contributed by atoms with Crippen LogP contribution in [0.4, 0.5) is 13.2 Å². The van der Waals surface area contributed by atoms with Crippen molar-refractivity contribution in [1.82, 2.24) is 19.7 Å². The number of carbonyl (C=O) groups is 2. The quantitative estimate of drug-likeness (QED) is 0.176. The third kappa shape index (κ3) is 8.95. The maximum atomic E-state index is 14.3. The predicted octanol–water partition coefficient (Wildman–Crippen LogP) is 6.97. The molecule has 244 valence electrons. The average molecular weight is 641 g/mol. The van der Waals surface area contributed by atoms with Gasteiger partial charge in [0.05, 0.1) is 11.3 Å². The Labute approximate surface area is 274 Å². The van der Waals surface area contributed by atoms with Gasteiger partial charge in [-0.2, -0.15) is 13.2 Å². The van der Waals surface area contributed by atoms with Crippen LogP contribution in [-0.4, -0.2) is 70.8 Å². The minimum Gasteiger partial charge on any atom is -0.341 e. The average Bonchev–Trinajstić information content (AvgIpc) is 3.09. The van der Waals surface area contributed by atoms with Gasteiger partial charge in [0.25, 0.3) is 0 Å². The lowest BCUT2D eigenvalue weighted by atomic mass is 9.98. The molecule has 6 nitrogen and oxygen atoms in total. The first-order valence-electron chi connectivity index (χ1n) is 15.7. The molecule has 1 aliphatic rings. The summed E-state index contributed by atoms with van der Waals surface area (Å²) in [5, 5.41) is 0. The predicted molar refractivity (Wildman–Crippen MR) is 178 cm³/mol. The van der Waals surface area contributed by atoms with Crippen molar-refractivity contribution >= 4 is 17.9 Å². The summed E-state index contributed by atoms with van der Waals surface area (Å²) in [4.78, 5) is 38.4. The van der Waals surface area contributed by atoms with Crippen molar-refractivity contribution in [1.29, 1.82) is 0 Å². The van der Waals surface area contributed by atoms with Crippen molar-refractivity contribution in [2.45, 2.75) is 44.1 Å². The van der Waals surface area contributed by atoms with E-state index in [0.29, 0.717) is 31.1 Å². The summed E-state index contributed by atoms with van der Waals surface area (Å²) < 4.78 is 39.3. The van der Waals surface area contributed by atoms with Crippen molar-refractivity contribution in [2.75, 3.05) is 27.2 Å². The topological polar surface area (TPSA) is 56.8 Å². The lowest BCUT2D eigenvalue weighted by molar-refractivity contribution is -0.145. The Balaban J connectivity index is 1.46. The summed E-state index contributed by atoms with van der Waals surface area (Å²) >= 11 is 0. The van der Waals surface area contributed by atoms with E-state index in [-0.39, 0.29) is 12.5 Å². The molecule has 1 fully saturated rings. The summed E-state index contributed by atoms with van der Waals surface area (Å²) in [7, 11) is 4.09. The molecule has 0 unspecified atom stereocenters. The summed E-state index contributed by atoms with van der Waals surface area (Å²) in [6.07, 6.45) is 2.11. The van der Waals surface area contributed by atoms with E-state index in [2.05, 4.69) is 9.88 Å². The molecule has 4 aromatic rings. The second kappa shape index (κ2) is 15.2. The number of likely N-dealkylation sites (tertiary alicyclic amines) is 1. The van der Waals surface area contributed by atoms with Gasteiger partial charge in [-0.25, -0.2) is 0 Å². The highest BCUT2D eigenvalue weighted by atomic mass is 19.4. The van der Waals surface area contributed by atoms with E-state index in [9.17, 15) is 22.8 Å². The van der Waals surface area contributed by atoms with Crippen molar-refractivity contribution < 1.29 is 22.8 Å². The van der Waals surface area contributed by atoms with Crippen LogP contribution in [-0.2, 0) is 28.7 Å². The first kappa shape index (κ1) is 33.6. The van der Waals surface area contributed by atoms with E-state index < -0.39 is 23.7 Å². The Hall–Kier alpha value is -4.76. The van der Waals surface area contributed by atoms with E-state index in [1.807, 2.05) is 91.8 Å². The number of aromatic nitrogens is 1. The Morgan fingerprint density at radius 2 is 1.53 bits per heavy atom. The largest absolute Gasteiger partial charge is 0.416 e. The molecule has 0 saturated carbocycles. The molecule has 0 aliphatic carbocycles. The molecule has 2 amide bonds. The molecule has 2 heterocycles. The monoisotopic (exact) mass is 640 g/mol. The molecular weight excluding hydrogens is 601 g/mol. The van der Waals surface area contributed by atoms with Crippen LogP contribution in [0.5, 0.6) is 0 Å². The molecule has 5 rings (SSSR count). The zero-order valence-electron chi connectivity index (χ0n) is 26.6. The number of alkyl halides is 3. The standard InChI is InChI=1S/C38H39F3N4O2/c1-43(2)33-21-24-44(25-22-33)37(47)35(26-29-8-4-3-5-9-29)45(27-30-11-16-31(17-12-30)34-10-6-7-23-42-34)36(46)20-15-28-13-18-32(19-14-28)38(39,40)41/h3-20,23,33,35H,21-22,24-27H2,1-2H3/b20-15+/t35-/m0/s1. The molecule has 1 aromatic heterocycles. The van der Waals surface area contributed by atoms with E-state index in [1.165, 1.54) is 24.3 Å². The molecule has 9 heteroatoms. The van der Waals surface area contributed by atoms with Crippen LogP contribution in [0, 0.1) is 0 Å². The van der Waals surface area contributed by atoms with Crippen molar-refractivity contribution in [3.05, 3.63) is 132 Å². The summed E-state index contributed by atoms with van der Waals surface area (Å²) in [6.45, 7) is 1.35. The molecule has 1 aliphatic heterocycles. The lowest BCUT2D eigenvalue weighted by Crippen LogP contribution is -2.54. The number of rotatable bonds is 10. The highest BCUT2D eigenvalue weighted by Crippen LogP contribution is 2.29. The van der Waals surface area contributed by atoms with Gasteiger partial charge in [-0.3, -0.25) is 14.6 Å². The van der Waals surface area contributed by atoms with Crippen LogP contribution >= 0.6 is 0 Å². The zero-order chi connectivity index (χ0) is 33.4. The van der Waals surface area contributed by atoms with Gasteiger partial charge in [-0.15, -0.1) is 0 Å². The van der Waals surface area contributed by atoms with Crippen LogP contribution in [0.3, 0.4) is 0 Å². The van der Waals surface area contributed by atoms with Gasteiger partial charge in [0, 0.05) is 49.9 Å². The first-order chi connectivity index (χ1) is 22.6. The highest BCUT2D eigenvalue weighted by molar-refractivity contribution is 5.95. The van der Waals surface area contributed by atoms with Crippen molar-refractivity contribution in [2.24, 2.45) is 0 Å². The fraction of sp³-hybridized carbons (Fsp3) is 0.289. The second-order valence-corrected chi connectivity index (χ2v) is 12.1. The number of amides is 2. The lowest BCUT2D eigenvalue weighted by Gasteiger charge is -2.39. The minimum atomic E-state index is -4.45. The third-order valence-corrected chi connectivity index (χ3v) is 8.65. The molecule has 0 spiro atoms. The Bertz CT molecular complexity index is 1630. The van der Waals surface area contributed by atoms with Gasteiger partial charge >= 0.3 is 6.18 Å². The van der Waals surface area contributed by atoms with E-state index in [1.54, 1.807) is 11.1 Å². The first-order valence-corrected chi connectivity index (χ1v) is 15.7. The molecule has 47 heavy (non-hydrogen) atoms. The molecule has 3 aromatic carbocycles. The van der Waals surface area contributed by atoms with Gasteiger partial charge in [0.15, 0.2) is 0 Å². The number of nitrogens with zero attached hydrogens (tertiary/aromatic N) is 4. The zero-order valence-corrected chi connectivity index (χ0v) is 26.6. The second-order valence-electron chi connectivity index (χ2n) is 12.1. The normalized spacial score (nSPS) is 14.8. The number of hydrogen-bond donors (Lipinski definition) is 0. The van der Waals surface area contributed by atoms with E-state index in [0.717, 1.165) is 47.4 Å². The molecule has 1 atom stereocenters. The van der Waals surface area contributed by atoms with Gasteiger partial charge in [-0.1, -0.05) is 72.8 Å². The summed E-state index contributed by atoms with van der Waals surface area (Å²) in [5.74, 6) is -0.524. The van der Waals surface area contributed by atoms with Gasteiger partial charge in [0.2, 0.25) is 11.8 Å². The number of benzene rings is 3.